The van der Waals surface area contributed by atoms with Gasteiger partial charge in [-0.1, -0.05) is 13.0 Å². The lowest BCUT2D eigenvalue weighted by Gasteiger charge is -2.15. The topological polar surface area (TPSA) is 55.8 Å². The van der Waals surface area contributed by atoms with Gasteiger partial charge in [0.1, 0.15) is 0 Å². The molecule has 0 amide bonds. The summed E-state index contributed by atoms with van der Waals surface area (Å²) in [6.45, 7) is 4.03. The summed E-state index contributed by atoms with van der Waals surface area (Å²) in [7, 11) is 1.56. The van der Waals surface area contributed by atoms with E-state index in [4.69, 9.17) is 14.6 Å². The van der Waals surface area contributed by atoms with Crippen LogP contribution in [0, 0.1) is 0 Å². The lowest BCUT2D eigenvalue weighted by molar-refractivity contribution is -0.131. The van der Waals surface area contributed by atoms with E-state index in [9.17, 15) is 4.79 Å². The summed E-state index contributed by atoms with van der Waals surface area (Å²) in [6, 6.07) is 5.32. The van der Waals surface area contributed by atoms with E-state index in [1.807, 2.05) is 13.8 Å². The van der Waals surface area contributed by atoms with Crippen LogP contribution in [0.3, 0.4) is 0 Å². The van der Waals surface area contributed by atoms with Crippen LogP contribution in [-0.4, -0.2) is 24.3 Å². The van der Waals surface area contributed by atoms with E-state index in [2.05, 4.69) is 0 Å². The first kappa shape index (κ1) is 14.1. The Morgan fingerprint density at radius 3 is 2.72 bits per heavy atom. The molecule has 0 saturated carbocycles. The Balaban J connectivity index is 2.92. The van der Waals surface area contributed by atoms with Crippen molar-refractivity contribution < 1.29 is 19.4 Å². The summed E-state index contributed by atoms with van der Waals surface area (Å²) in [5, 5.41) is 8.56. The Morgan fingerprint density at radius 2 is 2.17 bits per heavy atom. The lowest BCUT2D eigenvalue weighted by Crippen LogP contribution is -2.10. The van der Waals surface area contributed by atoms with E-state index >= 15 is 0 Å². The molecule has 0 aliphatic rings. The first-order chi connectivity index (χ1) is 8.56. The van der Waals surface area contributed by atoms with Gasteiger partial charge in [0.15, 0.2) is 11.5 Å². The van der Waals surface area contributed by atoms with E-state index < -0.39 is 5.97 Å². The van der Waals surface area contributed by atoms with Gasteiger partial charge >= 0.3 is 5.97 Å². The molecule has 0 fully saturated rings. The summed E-state index contributed by atoms with van der Waals surface area (Å²) in [5.41, 5.74) is 0.755. The Kier molecular flexibility index (Phi) is 5.24. The molecule has 0 heterocycles. The molecule has 1 aromatic carbocycles. The Labute approximate surface area is 107 Å². The fraction of sp³-hybridized carbons (Fsp3) is 0.357. The highest BCUT2D eigenvalue weighted by molar-refractivity contribution is 5.85. The van der Waals surface area contributed by atoms with E-state index in [1.165, 1.54) is 6.08 Å². The zero-order chi connectivity index (χ0) is 13.5. The Morgan fingerprint density at radius 1 is 1.44 bits per heavy atom. The van der Waals surface area contributed by atoms with Crippen LogP contribution in [0.4, 0.5) is 0 Å². The summed E-state index contributed by atoms with van der Waals surface area (Å²) in [5.74, 6) is 0.288. The monoisotopic (exact) mass is 250 g/mol. The van der Waals surface area contributed by atoms with Gasteiger partial charge in [-0.2, -0.15) is 0 Å². The average molecular weight is 250 g/mol. The van der Waals surface area contributed by atoms with Crippen molar-refractivity contribution in [3.8, 4) is 11.5 Å². The van der Waals surface area contributed by atoms with Gasteiger partial charge in [-0.15, -0.1) is 0 Å². The number of hydrogen-bond donors (Lipinski definition) is 1. The molecule has 1 N–H and O–H groups in total. The predicted molar refractivity (Wildman–Crippen MR) is 70.0 cm³/mol. The first-order valence-electron chi connectivity index (χ1n) is 5.82. The molecule has 0 unspecified atom stereocenters. The van der Waals surface area contributed by atoms with Crippen LogP contribution in [0.1, 0.15) is 25.8 Å². The van der Waals surface area contributed by atoms with Gasteiger partial charge in [-0.25, -0.2) is 4.79 Å². The molecular formula is C14H18O4. The van der Waals surface area contributed by atoms with Gasteiger partial charge in [0.25, 0.3) is 0 Å². The smallest absolute Gasteiger partial charge is 0.328 e. The zero-order valence-corrected chi connectivity index (χ0v) is 10.8. The number of hydrogen-bond acceptors (Lipinski definition) is 3. The van der Waals surface area contributed by atoms with E-state index in [0.29, 0.717) is 11.5 Å². The molecule has 4 nitrogen and oxygen atoms in total. The van der Waals surface area contributed by atoms with E-state index in [1.54, 1.807) is 25.3 Å². The highest BCUT2D eigenvalue weighted by atomic mass is 16.5. The molecule has 0 aromatic heterocycles. The molecule has 0 spiro atoms. The number of aliphatic carboxylic acids is 1. The van der Waals surface area contributed by atoms with Crippen LogP contribution in [0.2, 0.25) is 0 Å². The third kappa shape index (κ3) is 4.13. The fourth-order valence-corrected chi connectivity index (χ4v) is 1.35. The second kappa shape index (κ2) is 6.69. The maximum absolute atomic E-state index is 10.4. The van der Waals surface area contributed by atoms with Crippen molar-refractivity contribution in [3.05, 3.63) is 29.8 Å². The molecule has 98 valence electrons. The maximum Gasteiger partial charge on any atom is 0.328 e. The average Bonchev–Trinajstić information content (AvgIpc) is 2.37. The number of carboxylic acid groups (broad SMARTS) is 1. The molecule has 0 bridgehead atoms. The number of rotatable bonds is 6. The summed E-state index contributed by atoms with van der Waals surface area (Å²) >= 11 is 0. The second-order valence-electron chi connectivity index (χ2n) is 3.92. The third-order valence-corrected chi connectivity index (χ3v) is 2.51. The number of carboxylic acids is 1. The van der Waals surface area contributed by atoms with Crippen LogP contribution in [-0.2, 0) is 4.79 Å². The van der Waals surface area contributed by atoms with Crippen LogP contribution in [0.25, 0.3) is 6.08 Å². The molecule has 4 heteroatoms. The molecule has 0 aliphatic carbocycles. The lowest BCUT2D eigenvalue weighted by atomic mass is 10.2. The molecule has 1 atom stereocenters. The first-order valence-corrected chi connectivity index (χ1v) is 5.82. The van der Waals surface area contributed by atoms with Crippen molar-refractivity contribution >= 4 is 12.0 Å². The van der Waals surface area contributed by atoms with Crippen molar-refractivity contribution in [3.63, 3.8) is 0 Å². The number of benzene rings is 1. The van der Waals surface area contributed by atoms with Crippen LogP contribution in [0.15, 0.2) is 24.3 Å². The standard InChI is InChI=1S/C14H18O4/c1-4-10(2)18-12-7-5-11(6-8-14(15)16)9-13(12)17-3/h5-10H,4H2,1-3H3,(H,15,16)/b8-6+/t10-/m1/s1. The minimum absolute atomic E-state index is 0.110. The molecule has 1 rings (SSSR count). The third-order valence-electron chi connectivity index (χ3n) is 2.51. The summed E-state index contributed by atoms with van der Waals surface area (Å²) in [4.78, 5) is 10.4. The van der Waals surface area contributed by atoms with Gasteiger partial charge in [0.2, 0.25) is 0 Å². The minimum atomic E-state index is -0.978. The second-order valence-corrected chi connectivity index (χ2v) is 3.92. The van der Waals surface area contributed by atoms with Crippen LogP contribution < -0.4 is 9.47 Å². The largest absolute Gasteiger partial charge is 0.493 e. The van der Waals surface area contributed by atoms with Crippen molar-refractivity contribution in [1.29, 1.82) is 0 Å². The van der Waals surface area contributed by atoms with Gasteiger partial charge in [0, 0.05) is 6.08 Å². The normalized spacial score (nSPS) is 12.4. The van der Waals surface area contributed by atoms with Crippen molar-refractivity contribution in [2.75, 3.05) is 7.11 Å². The summed E-state index contributed by atoms with van der Waals surface area (Å²) < 4.78 is 10.9. The fourth-order valence-electron chi connectivity index (χ4n) is 1.35. The van der Waals surface area contributed by atoms with E-state index in [0.717, 1.165) is 18.1 Å². The molecule has 0 saturated heterocycles. The molecule has 0 aliphatic heterocycles. The Bertz CT molecular complexity index is 437. The number of carbonyl (C=O) groups is 1. The van der Waals surface area contributed by atoms with Crippen molar-refractivity contribution in [1.82, 2.24) is 0 Å². The number of methoxy groups -OCH3 is 1. The van der Waals surface area contributed by atoms with E-state index in [-0.39, 0.29) is 6.10 Å². The van der Waals surface area contributed by atoms with Gasteiger partial charge in [-0.3, -0.25) is 0 Å². The molecule has 1 aromatic rings. The number of ether oxygens (including phenoxy) is 2. The molecule has 0 radical (unpaired) electrons. The van der Waals surface area contributed by atoms with Crippen LogP contribution >= 0.6 is 0 Å². The molecule has 18 heavy (non-hydrogen) atoms. The van der Waals surface area contributed by atoms with Crippen molar-refractivity contribution in [2.24, 2.45) is 0 Å². The Hall–Kier alpha value is -1.97. The highest BCUT2D eigenvalue weighted by Crippen LogP contribution is 2.29. The zero-order valence-electron chi connectivity index (χ0n) is 10.8. The predicted octanol–water partition coefficient (Wildman–Crippen LogP) is 2.97. The van der Waals surface area contributed by atoms with Gasteiger partial charge in [0.05, 0.1) is 13.2 Å². The molecular weight excluding hydrogens is 232 g/mol. The SMILES string of the molecule is CC[C@@H](C)Oc1ccc(/C=C/C(=O)O)cc1OC. The summed E-state index contributed by atoms with van der Waals surface area (Å²) in [6.07, 6.45) is 3.62. The highest BCUT2D eigenvalue weighted by Gasteiger charge is 2.08. The quantitative estimate of drug-likeness (QED) is 0.788. The van der Waals surface area contributed by atoms with Gasteiger partial charge < -0.3 is 14.6 Å². The maximum atomic E-state index is 10.4. The van der Waals surface area contributed by atoms with Crippen molar-refractivity contribution in [2.45, 2.75) is 26.4 Å². The van der Waals surface area contributed by atoms with Crippen LogP contribution in [0.5, 0.6) is 11.5 Å². The minimum Gasteiger partial charge on any atom is -0.493 e. The van der Waals surface area contributed by atoms with Gasteiger partial charge in [-0.05, 0) is 37.1 Å².